The van der Waals surface area contributed by atoms with Crippen molar-refractivity contribution in [2.45, 2.75) is 43.1 Å². The second-order valence-electron chi connectivity index (χ2n) is 15.6. The maximum atomic E-state index is 13.6. The minimum absolute atomic E-state index is 0.0773. The molecular weight excluding hydrogens is 927 g/mol. The van der Waals surface area contributed by atoms with Crippen molar-refractivity contribution >= 4 is 69.2 Å². The van der Waals surface area contributed by atoms with Gasteiger partial charge in [-0.3, -0.25) is 18.7 Å². The van der Waals surface area contributed by atoms with E-state index in [0.29, 0.717) is 17.0 Å². The SMILES string of the molecule is CCOP(C)(=O)CS(=O)(=O)c1ccc(NC(=O)c2nc(-c3ccc(CC(C)O[P@@](C)(=O)CS(=O)(=O)c4ccc(NC(=O)c5nc(-c6ccc(C)cc6)cnc5N)cc4)cc3)cnc2N)cc1. The summed E-state index contributed by atoms with van der Waals surface area (Å²) in [6.07, 6.45) is 2.50. The van der Waals surface area contributed by atoms with Gasteiger partial charge in [-0.25, -0.2) is 36.8 Å². The van der Waals surface area contributed by atoms with Gasteiger partial charge in [0, 0.05) is 35.8 Å². The Morgan fingerprint density at radius 2 is 1.06 bits per heavy atom. The minimum atomic E-state index is -4.09. The van der Waals surface area contributed by atoms with Crippen molar-refractivity contribution in [2.75, 3.05) is 53.0 Å². The zero-order valence-corrected chi connectivity index (χ0v) is 40.0. The molecule has 0 aliphatic heterocycles. The maximum Gasteiger partial charge on any atom is 0.278 e. The molecule has 2 amide bonds. The summed E-state index contributed by atoms with van der Waals surface area (Å²) >= 11 is 0. The van der Waals surface area contributed by atoms with Gasteiger partial charge in [0.15, 0.2) is 42.7 Å². The van der Waals surface area contributed by atoms with Crippen LogP contribution >= 0.6 is 14.7 Å². The average Bonchev–Trinajstić information content (AvgIpc) is 3.24. The molecule has 0 aliphatic rings. The number of nitrogen functional groups attached to an aromatic ring is 2. The van der Waals surface area contributed by atoms with Crippen molar-refractivity contribution in [1.29, 1.82) is 0 Å². The van der Waals surface area contributed by atoms with Crippen LogP contribution in [-0.2, 0) is 44.3 Å². The minimum Gasteiger partial charge on any atom is -0.382 e. The van der Waals surface area contributed by atoms with Crippen LogP contribution < -0.4 is 22.1 Å². The molecule has 0 spiro atoms. The molecule has 0 radical (unpaired) electrons. The number of nitrogens with two attached hydrogens (primary N) is 2. The van der Waals surface area contributed by atoms with Gasteiger partial charge in [0.05, 0.1) is 46.3 Å². The summed E-state index contributed by atoms with van der Waals surface area (Å²) in [7, 11) is -15.1. The molecule has 6 aromatic rings. The third kappa shape index (κ3) is 12.8. The molecule has 2 unspecified atom stereocenters. The molecule has 4 aromatic carbocycles. The highest BCUT2D eigenvalue weighted by Gasteiger charge is 2.30. The third-order valence-electron chi connectivity index (χ3n) is 9.71. The maximum absolute atomic E-state index is 13.6. The number of nitrogens with zero attached hydrogens (tertiary/aromatic N) is 4. The molecule has 0 bridgehead atoms. The van der Waals surface area contributed by atoms with E-state index in [1.807, 2.05) is 31.2 Å². The van der Waals surface area contributed by atoms with Crippen molar-refractivity contribution in [3.63, 3.8) is 0 Å². The quantitative estimate of drug-likeness (QED) is 0.0605. The van der Waals surface area contributed by atoms with E-state index in [4.69, 9.17) is 20.5 Å². The molecule has 66 heavy (non-hydrogen) atoms. The number of anilines is 4. The second kappa shape index (κ2) is 20.2. The highest BCUT2D eigenvalue weighted by Crippen LogP contribution is 2.47. The molecule has 2 aromatic heterocycles. The van der Waals surface area contributed by atoms with E-state index in [0.717, 1.165) is 16.7 Å². The Morgan fingerprint density at radius 1 is 0.652 bits per heavy atom. The zero-order valence-electron chi connectivity index (χ0n) is 36.5. The molecule has 0 aliphatic carbocycles. The highest BCUT2D eigenvalue weighted by molar-refractivity contribution is 7.98. The molecule has 22 heteroatoms. The molecule has 2 heterocycles. The Kier molecular flexibility index (Phi) is 15.1. The number of aryl methyl sites for hydroxylation is 1. The molecule has 0 fully saturated rings. The Balaban J connectivity index is 1.03. The Morgan fingerprint density at radius 3 is 1.48 bits per heavy atom. The first-order chi connectivity index (χ1) is 31.0. The number of rotatable bonds is 18. The number of sulfone groups is 2. The van der Waals surface area contributed by atoms with Crippen molar-refractivity contribution in [3.05, 3.63) is 132 Å². The van der Waals surface area contributed by atoms with Crippen LogP contribution in [0, 0.1) is 6.92 Å². The Bertz CT molecular complexity index is 3090. The smallest absolute Gasteiger partial charge is 0.278 e. The van der Waals surface area contributed by atoms with Crippen LogP contribution in [0.4, 0.5) is 23.0 Å². The zero-order chi connectivity index (χ0) is 48.0. The number of amides is 2. The molecular formula is C44H48N8O10P2S2. The summed E-state index contributed by atoms with van der Waals surface area (Å²) < 4.78 is 89.3. The van der Waals surface area contributed by atoms with Crippen LogP contribution in [0.15, 0.2) is 119 Å². The van der Waals surface area contributed by atoms with Gasteiger partial charge in [0.2, 0.25) is 14.7 Å². The lowest BCUT2D eigenvalue weighted by atomic mass is 10.1. The van der Waals surface area contributed by atoms with Crippen LogP contribution in [0.2, 0.25) is 0 Å². The normalized spacial score (nSPS) is 14.1. The standard InChI is InChI=1S/C44H48N8O10P2S2/c1-6-61-63(4,55)26-65(57,58)35-19-15-33(16-20-35)49-44(54)40-42(46)48-25-38(52-40)32-13-9-30(10-14-32)23-29(3)62-64(5,56)27-66(59,60)36-21-17-34(18-22-36)50-43(53)39-41(45)47-24-37(51-39)31-11-7-28(2)8-12-31/h7-22,24-25,29H,6,23,26-27H2,1-5H3,(H2,45,47)(H2,46,48)(H,49,54)(H,50,53)/t29?,63?,64-/m1/s1. The van der Waals surface area contributed by atoms with Crippen molar-refractivity contribution in [1.82, 2.24) is 19.9 Å². The summed E-state index contributed by atoms with van der Waals surface area (Å²) in [5.74, 6) is -1.55. The van der Waals surface area contributed by atoms with Crippen LogP contribution in [-0.4, -0.2) is 85.6 Å². The average molecular weight is 975 g/mol. The van der Waals surface area contributed by atoms with Gasteiger partial charge in [-0.1, -0.05) is 54.1 Å². The van der Waals surface area contributed by atoms with Gasteiger partial charge >= 0.3 is 0 Å². The lowest BCUT2D eigenvalue weighted by molar-refractivity contribution is 0.101. The third-order valence-corrected chi connectivity index (χ3v) is 19.8. The first-order valence-corrected chi connectivity index (χ1v) is 28.0. The van der Waals surface area contributed by atoms with E-state index >= 15 is 0 Å². The fourth-order valence-corrected chi connectivity index (χ4v) is 15.8. The number of hydrogen-bond donors (Lipinski definition) is 4. The van der Waals surface area contributed by atoms with Crippen LogP contribution in [0.1, 0.15) is 46.0 Å². The van der Waals surface area contributed by atoms with E-state index in [1.165, 1.54) is 74.3 Å². The first-order valence-electron chi connectivity index (χ1n) is 20.2. The molecule has 6 rings (SSSR count). The second-order valence-corrected chi connectivity index (χ2v) is 25.5. The van der Waals surface area contributed by atoms with Gasteiger partial charge in [0.1, 0.15) is 11.0 Å². The van der Waals surface area contributed by atoms with Gasteiger partial charge in [-0.2, -0.15) is 0 Å². The van der Waals surface area contributed by atoms with Crippen molar-refractivity contribution < 1.29 is 44.6 Å². The monoisotopic (exact) mass is 974 g/mol. The predicted molar refractivity (Wildman–Crippen MR) is 254 cm³/mol. The predicted octanol–water partition coefficient (Wildman–Crippen LogP) is 7.54. The summed E-state index contributed by atoms with van der Waals surface area (Å²) in [6, 6.07) is 25.2. The Hall–Kier alpha value is -6.14. The lowest BCUT2D eigenvalue weighted by Gasteiger charge is -2.20. The summed E-state index contributed by atoms with van der Waals surface area (Å²) in [4.78, 5) is 43.2. The van der Waals surface area contributed by atoms with Crippen LogP contribution in [0.25, 0.3) is 22.5 Å². The van der Waals surface area contributed by atoms with Gasteiger partial charge in [-0.15, -0.1) is 0 Å². The summed E-state index contributed by atoms with van der Waals surface area (Å²) in [5, 5.41) is 5.29. The van der Waals surface area contributed by atoms with E-state index in [1.54, 1.807) is 38.1 Å². The fourth-order valence-electron chi connectivity index (χ4n) is 6.67. The van der Waals surface area contributed by atoms with E-state index in [9.17, 15) is 35.6 Å². The molecule has 18 nitrogen and oxygen atoms in total. The molecule has 0 saturated heterocycles. The number of benzene rings is 4. The number of nitrogens with one attached hydrogen (secondary N) is 2. The molecule has 3 atom stereocenters. The summed E-state index contributed by atoms with van der Waals surface area (Å²) in [6.45, 7) is 7.88. The molecule has 6 N–H and O–H groups in total. The number of carbonyl (C=O) groups excluding carboxylic acids is 2. The number of aromatic nitrogens is 4. The number of hydrogen-bond acceptors (Lipinski definition) is 16. The highest BCUT2D eigenvalue weighted by atomic mass is 32.2. The lowest BCUT2D eigenvalue weighted by Crippen LogP contribution is -2.17. The topological polar surface area (TPSA) is 283 Å². The van der Waals surface area contributed by atoms with Gasteiger partial charge in [0.25, 0.3) is 11.8 Å². The largest absolute Gasteiger partial charge is 0.382 e. The molecule has 0 saturated carbocycles. The van der Waals surface area contributed by atoms with Gasteiger partial charge < -0.3 is 31.1 Å². The number of carbonyl (C=O) groups is 2. The van der Waals surface area contributed by atoms with E-state index in [-0.39, 0.29) is 57.2 Å². The van der Waals surface area contributed by atoms with Crippen molar-refractivity contribution in [2.24, 2.45) is 0 Å². The van der Waals surface area contributed by atoms with E-state index < -0.39 is 63.3 Å². The molecule has 346 valence electrons. The first kappa shape index (κ1) is 49.3. The Labute approximate surface area is 382 Å². The van der Waals surface area contributed by atoms with Gasteiger partial charge in [-0.05, 0) is 81.3 Å². The van der Waals surface area contributed by atoms with Crippen LogP contribution in [0.3, 0.4) is 0 Å². The summed E-state index contributed by atoms with van der Waals surface area (Å²) in [5.41, 5.74) is 14.7. The van der Waals surface area contributed by atoms with Crippen molar-refractivity contribution in [3.8, 4) is 22.5 Å². The van der Waals surface area contributed by atoms with Crippen LogP contribution in [0.5, 0.6) is 0 Å². The fraction of sp³-hybridized carbons (Fsp3) is 0.227. The van der Waals surface area contributed by atoms with E-state index in [2.05, 4.69) is 30.6 Å².